The van der Waals surface area contributed by atoms with Gasteiger partial charge in [0, 0.05) is 17.6 Å². The lowest BCUT2D eigenvalue weighted by atomic mass is 9.87. The Labute approximate surface area is 150 Å². The van der Waals surface area contributed by atoms with Gasteiger partial charge in [-0.2, -0.15) is 4.99 Å². The number of amides is 1. The summed E-state index contributed by atoms with van der Waals surface area (Å²) in [6.45, 7) is 6.45. The van der Waals surface area contributed by atoms with Gasteiger partial charge in [0.15, 0.2) is 4.80 Å². The summed E-state index contributed by atoms with van der Waals surface area (Å²) in [5, 5.41) is 0.681. The molecule has 0 saturated carbocycles. The van der Waals surface area contributed by atoms with Crippen molar-refractivity contribution < 1.29 is 4.79 Å². The number of fused-ring (bicyclic) bond motifs is 1. The number of aromatic nitrogens is 1. The van der Waals surface area contributed by atoms with E-state index in [-0.39, 0.29) is 11.3 Å². The number of aryl methyl sites for hydroxylation is 1. The number of hydrogen-bond donors (Lipinski definition) is 0. The van der Waals surface area contributed by atoms with Crippen molar-refractivity contribution in [3.63, 3.8) is 0 Å². The maximum absolute atomic E-state index is 12.5. The van der Waals surface area contributed by atoms with Crippen LogP contribution in [0.15, 0.2) is 47.5 Å². The number of carbonyl (C=O) groups is 1. The maximum Gasteiger partial charge on any atom is 0.279 e. The Kier molecular flexibility index (Phi) is 4.37. The van der Waals surface area contributed by atoms with Crippen LogP contribution in [0.2, 0.25) is 5.02 Å². The third-order valence-corrected chi connectivity index (χ3v) is 5.30. The highest BCUT2D eigenvalue weighted by Gasteiger charge is 2.14. The molecule has 0 atom stereocenters. The summed E-state index contributed by atoms with van der Waals surface area (Å²) in [5.74, 6) is -0.233. The molecule has 124 valence electrons. The highest BCUT2D eigenvalue weighted by molar-refractivity contribution is 7.16. The van der Waals surface area contributed by atoms with E-state index in [1.54, 1.807) is 0 Å². The van der Waals surface area contributed by atoms with Gasteiger partial charge in [-0.05, 0) is 41.3 Å². The van der Waals surface area contributed by atoms with Crippen LogP contribution in [-0.2, 0) is 12.5 Å². The van der Waals surface area contributed by atoms with E-state index in [4.69, 9.17) is 11.6 Å². The number of hydrogen-bond acceptors (Lipinski definition) is 2. The van der Waals surface area contributed by atoms with Gasteiger partial charge < -0.3 is 4.57 Å². The summed E-state index contributed by atoms with van der Waals surface area (Å²) in [6, 6.07) is 13.3. The Hall–Kier alpha value is -1.91. The zero-order valence-electron chi connectivity index (χ0n) is 14.1. The molecule has 5 heteroatoms. The topological polar surface area (TPSA) is 34.4 Å². The molecule has 24 heavy (non-hydrogen) atoms. The minimum Gasteiger partial charge on any atom is -0.319 e. The van der Waals surface area contributed by atoms with E-state index in [1.165, 1.54) is 16.9 Å². The van der Waals surface area contributed by atoms with Gasteiger partial charge in [0.05, 0.1) is 10.2 Å². The van der Waals surface area contributed by atoms with Crippen molar-refractivity contribution in [3.05, 3.63) is 63.4 Å². The van der Waals surface area contributed by atoms with Gasteiger partial charge in [0.25, 0.3) is 5.91 Å². The number of carbonyl (C=O) groups excluding carboxylic acids is 1. The summed E-state index contributed by atoms with van der Waals surface area (Å²) in [5.41, 5.74) is 2.87. The Morgan fingerprint density at radius 2 is 1.79 bits per heavy atom. The molecule has 0 aliphatic rings. The number of thiazole rings is 1. The molecular weight excluding hydrogens is 340 g/mol. The Morgan fingerprint density at radius 3 is 2.42 bits per heavy atom. The van der Waals surface area contributed by atoms with Crippen LogP contribution in [0.5, 0.6) is 0 Å². The zero-order chi connectivity index (χ0) is 17.5. The van der Waals surface area contributed by atoms with Crippen LogP contribution in [0.25, 0.3) is 10.2 Å². The van der Waals surface area contributed by atoms with Crippen molar-refractivity contribution in [1.82, 2.24) is 4.57 Å². The van der Waals surface area contributed by atoms with E-state index >= 15 is 0 Å². The molecule has 0 aliphatic heterocycles. The fraction of sp³-hybridized carbons (Fsp3) is 0.263. The van der Waals surface area contributed by atoms with Crippen LogP contribution < -0.4 is 4.80 Å². The van der Waals surface area contributed by atoms with E-state index in [0.29, 0.717) is 15.4 Å². The molecule has 3 rings (SSSR count). The summed E-state index contributed by atoms with van der Waals surface area (Å²) in [7, 11) is 1.90. The van der Waals surface area contributed by atoms with E-state index < -0.39 is 0 Å². The third kappa shape index (κ3) is 3.30. The second-order valence-corrected chi connectivity index (χ2v) is 8.25. The van der Waals surface area contributed by atoms with Crippen LogP contribution >= 0.6 is 22.9 Å². The van der Waals surface area contributed by atoms with Gasteiger partial charge in [-0.25, -0.2) is 0 Å². The molecule has 0 aliphatic carbocycles. The van der Waals surface area contributed by atoms with Crippen LogP contribution in [0.4, 0.5) is 0 Å². The lowest BCUT2D eigenvalue weighted by molar-refractivity contribution is 0.0998. The van der Waals surface area contributed by atoms with Crippen molar-refractivity contribution in [1.29, 1.82) is 0 Å². The predicted octanol–water partition coefficient (Wildman–Crippen LogP) is 4.93. The Morgan fingerprint density at radius 1 is 1.12 bits per heavy atom. The van der Waals surface area contributed by atoms with Crippen molar-refractivity contribution in [3.8, 4) is 0 Å². The fourth-order valence-electron chi connectivity index (χ4n) is 2.48. The van der Waals surface area contributed by atoms with Crippen molar-refractivity contribution in [2.24, 2.45) is 12.0 Å². The second-order valence-electron chi connectivity index (χ2n) is 6.80. The average Bonchev–Trinajstić information content (AvgIpc) is 2.82. The first-order chi connectivity index (χ1) is 11.3. The Balaban J connectivity index is 1.99. The number of benzene rings is 2. The van der Waals surface area contributed by atoms with E-state index in [0.717, 1.165) is 10.2 Å². The van der Waals surface area contributed by atoms with Gasteiger partial charge >= 0.3 is 0 Å². The SMILES string of the molecule is Cn1c(=NC(=O)c2ccc(C(C)(C)C)cc2)sc2cc(Cl)ccc21. The molecule has 0 fully saturated rings. The summed E-state index contributed by atoms with van der Waals surface area (Å²) < 4.78 is 2.93. The molecule has 1 amide bonds. The number of rotatable bonds is 1. The molecule has 0 N–H and O–H groups in total. The average molecular weight is 359 g/mol. The van der Waals surface area contributed by atoms with E-state index in [1.807, 2.05) is 54.1 Å². The zero-order valence-corrected chi connectivity index (χ0v) is 15.7. The maximum atomic E-state index is 12.5. The van der Waals surface area contributed by atoms with Gasteiger partial charge in [0.1, 0.15) is 0 Å². The summed E-state index contributed by atoms with van der Waals surface area (Å²) in [4.78, 5) is 17.4. The van der Waals surface area contributed by atoms with E-state index in [2.05, 4.69) is 25.8 Å². The van der Waals surface area contributed by atoms with Crippen LogP contribution in [0.1, 0.15) is 36.7 Å². The number of halogens is 1. The molecule has 2 aromatic carbocycles. The highest BCUT2D eigenvalue weighted by atomic mass is 35.5. The smallest absolute Gasteiger partial charge is 0.279 e. The second kappa shape index (κ2) is 6.19. The molecule has 3 nitrogen and oxygen atoms in total. The first-order valence-corrected chi connectivity index (χ1v) is 8.90. The van der Waals surface area contributed by atoms with Crippen molar-refractivity contribution >= 4 is 39.1 Å². The molecule has 1 aromatic heterocycles. The lowest BCUT2D eigenvalue weighted by Gasteiger charge is -2.18. The largest absolute Gasteiger partial charge is 0.319 e. The molecule has 0 radical (unpaired) electrons. The minimum absolute atomic E-state index is 0.0654. The third-order valence-electron chi connectivity index (χ3n) is 3.97. The minimum atomic E-state index is -0.233. The van der Waals surface area contributed by atoms with Crippen LogP contribution in [-0.4, -0.2) is 10.5 Å². The van der Waals surface area contributed by atoms with Crippen LogP contribution in [0, 0.1) is 0 Å². The molecule has 0 unspecified atom stereocenters. The molecule has 3 aromatic rings. The van der Waals surface area contributed by atoms with E-state index in [9.17, 15) is 4.79 Å². The first-order valence-electron chi connectivity index (χ1n) is 7.70. The first kappa shape index (κ1) is 16.9. The van der Waals surface area contributed by atoms with Gasteiger partial charge in [-0.1, -0.05) is 55.8 Å². The van der Waals surface area contributed by atoms with Gasteiger partial charge in [0.2, 0.25) is 0 Å². The monoisotopic (exact) mass is 358 g/mol. The standard InChI is InChI=1S/C19H19ClN2OS/c1-19(2,3)13-7-5-12(6-8-13)17(23)21-18-22(4)15-10-9-14(20)11-16(15)24-18/h5-11H,1-4H3. The van der Waals surface area contributed by atoms with Crippen molar-refractivity contribution in [2.45, 2.75) is 26.2 Å². The fourth-order valence-corrected chi connectivity index (χ4v) is 3.77. The van der Waals surface area contributed by atoms with Gasteiger partial charge in [-0.3, -0.25) is 4.79 Å². The predicted molar refractivity (Wildman–Crippen MR) is 101 cm³/mol. The molecule has 1 heterocycles. The molecule has 0 saturated heterocycles. The van der Waals surface area contributed by atoms with Crippen molar-refractivity contribution in [2.75, 3.05) is 0 Å². The molecule has 0 bridgehead atoms. The Bertz CT molecular complexity index is 975. The number of nitrogens with zero attached hydrogens (tertiary/aromatic N) is 2. The summed E-state index contributed by atoms with van der Waals surface area (Å²) in [6.07, 6.45) is 0. The normalized spacial score (nSPS) is 12.8. The highest BCUT2D eigenvalue weighted by Crippen LogP contribution is 2.23. The van der Waals surface area contributed by atoms with Crippen LogP contribution in [0.3, 0.4) is 0 Å². The van der Waals surface area contributed by atoms with Gasteiger partial charge in [-0.15, -0.1) is 0 Å². The lowest BCUT2D eigenvalue weighted by Crippen LogP contribution is -2.14. The quantitative estimate of drug-likeness (QED) is 0.607. The summed E-state index contributed by atoms with van der Waals surface area (Å²) >= 11 is 7.49. The molecule has 0 spiro atoms. The molecular formula is C19H19ClN2OS.